The van der Waals surface area contributed by atoms with Gasteiger partial charge in [-0.3, -0.25) is 4.99 Å². The zero-order valence-corrected chi connectivity index (χ0v) is 24.7. The summed E-state index contributed by atoms with van der Waals surface area (Å²) in [5.41, 5.74) is 2.37. The molecule has 1 aromatic rings. The van der Waals surface area contributed by atoms with Gasteiger partial charge < -0.3 is 14.1 Å². The number of ether oxygens (including phenoxy) is 1. The van der Waals surface area contributed by atoms with Gasteiger partial charge in [0.15, 0.2) is 8.32 Å². The molecule has 180 valence electrons. The number of rotatable bonds is 8. The molecule has 0 amide bonds. The number of nitrogens with zero attached hydrogens (tertiary/aromatic N) is 2. The van der Waals surface area contributed by atoms with Crippen molar-refractivity contribution in [3.05, 3.63) is 45.2 Å². The molecule has 0 aromatic heterocycles. The van der Waals surface area contributed by atoms with Gasteiger partial charge in [-0.25, -0.2) is 0 Å². The van der Waals surface area contributed by atoms with Crippen LogP contribution in [-0.4, -0.2) is 44.9 Å². The van der Waals surface area contributed by atoms with Crippen LogP contribution in [0.1, 0.15) is 65.5 Å². The van der Waals surface area contributed by atoms with E-state index in [0.29, 0.717) is 25.2 Å². The van der Waals surface area contributed by atoms with E-state index in [-0.39, 0.29) is 11.1 Å². The number of amidine groups is 1. The fourth-order valence-corrected chi connectivity index (χ4v) is 4.98. The zero-order chi connectivity index (χ0) is 24.1. The van der Waals surface area contributed by atoms with Crippen LogP contribution >= 0.6 is 22.6 Å². The van der Waals surface area contributed by atoms with Crippen molar-refractivity contribution in [3.8, 4) is 0 Å². The molecular formula is C26H43IN2O2Si. The first-order valence-corrected chi connectivity index (χ1v) is 15.8. The van der Waals surface area contributed by atoms with E-state index in [0.717, 1.165) is 18.7 Å². The van der Waals surface area contributed by atoms with Crippen LogP contribution in [0.15, 0.2) is 39.0 Å². The van der Waals surface area contributed by atoms with Gasteiger partial charge in [0.25, 0.3) is 0 Å². The molecule has 0 unspecified atom stereocenters. The molecule has 0 fully saturated rings. The number of hydrogen-bond acceptors (Lipinski definition) is 3. The summed E-state index contributed by atoms with van der Waals surface area (Å²) in [4.78, 5) is 7.70. The average Bonchev–Trinajstić information content (AvgIpc) is 2.71. The van der Waals surface area contributed by atoms with Crippen LogP contribution < -0.4 is 0 Å². The highest BCUT2D eigenvalue weighted by molar-refractivity contribution is 14.1. The number of aliphatic imine (C=N–C) groups is 1. The monoisotopic (exact) mass is 570 g/mol. The predicted octanol–water partition coefficient (Wildman–Crippen LogP) is 7.39. The first-order chi connectivity index (χ1) is 14.9. The largest absolute Gasteiger partial charge is 0.413 e. The van der Waals surface area contributed by atoms with E-state index in [4.69, 9.17) is 14.2 Å². The smallest absolute Gasteiger partial charge is 0.192 e. The summed E-state index contributed by atoms with van der Waals surface area (Å²) in [6.45, 7) is 19.5. The highest BCUT2D eigenvalue weighted by Gasteiger charge is 2.37. The van der Waals surface area contributed by atoms with E-state index in [1.165, 1.54) is 14.7 Å². The Morgan fingerprint density at radius 1 is 1.25 bits per heavy atom. The molecule has 0 saturated heterocycles. The van der Waals surface area contributed by atoms with E-state index >= 15 is 0 Å². The van der Waals surface area contributed by atoms with Crippen molar-refractivity contribution >= 4 is 36.7 Å². The second kappa shape index (κ2) is 11.6. The maximum atomic E-state index is 6.63. The van der Waals surface area contributed by atoms with Crippen LogP contribution in [0.25, 0.3) is 0 Å². The fraction of sp³-hybridized carbons (Fsp3) is 0.654. The van der Waals surface area contributed by atoms with E-state index < -0.39 is 8.32 Å². The number of benzene rings is 1. The van der Waals surface area contributed by atoms with Crippen molar-refractivity contribution < 1.29 is 9.16 Å². The summed E-state index contributed by atoms with van der Waals surface area (Å²) in [6.07, 6.45) is 4.55. The Labute approximate surface area is 211 Å². The number of allylic oxidation sites excluding steroid dienone is 1. The molecule has 0 bridgehead atoms. The maximum Gasteiger partial charge on any atom is 0.192 e. The van der Waals surface area contributed by atoms with Crippen molar-refractivity contribution in [1.29, 1.82) is 0 Å². The van der Waals surface area contributed by atoms with E-state index in [1.807, 2.05) is 0 Å². The summed E-state index contributed by atoms with van der Waals surface area (Å²) in [5, 5.41) is 0.181. The third-order valence-electron chi connectivity index (χ3n) is 6.85. The standard InChI is InChI=1S/C26H43IN2O2Si/c1-19(2)24(18-30-7)28-25(29-16-22(27)15-14-20(29)3)23-13-11-10-12-21(23)17-31-32(8,9)26(4,5)6/h10-13,16,19-20,24H,14-15,17-18H2,1-9H3/t20-,24+/m1/s1. The van der Waals surface area contributed by atoms with Gasteiger partial charge in [-0.05, 0) is 72.0 Å². The van der Waals surface area contributed by atoms with Crippen LogP contribution in [0.4, 0.5) is 0 Å². The molecule has 0 spiro atoms. The number of halogens is 1. The minimum absolute atomic E-state index is 0.101. The van der Waals surface area contributed by atoms with Gasteiger partial charge in [-0.15, -0.1) is 0 Å². The van der Waals surface area contributed by atoms with E-state index in [2.05, 4.69) is 113 Å². The van der Waals surface area contributed by atoms with Gasteiger partial charge >= 0.3 is 0 Å². The summed E-state index contributed by atoms with van der Waals surface area (Å²) in [5.74, 6) is 1.43. The molecule has 0 aliphatic carbocycles. The molecule has 1 aliphatic rings. The van der Waals surface area contributed by atoms with Gasteiger partial charge in [-0.1, -0.05) is 58.9 Å². The molecule has 1 heterocycles. The third-order valence-corrected chi connectivity index (χ3v) is 12.1. The van der Waals surface area contributed by atoms with Crippen molar-refractivity contribution in [3.63, 3.8) is 0 Å². The third kappa shape index (κ3) is 7.15. The summed E-state index contributed by atoms with van der Waals surface area (Å²) in [6, 6.07) is 9.13. The lowest BCUT2D eigenvalue weighted by Gasteiger charge is -2.37. The molecule has 0 N–H and O–H groups in total. The summed E-state index contributed by atoms with van der Waals surface area (Å²) in [7, 11) is -0.0968. The van der Waals surface area contributed by atoms with Crippen LogP contribution in [0, 0.1) is 5.92 Å². The fourth-order valence-electron chi connectivity index (χ4n) is 3.42. The molecule has 1 aromatic carbocycles. The molecule has 4 nitrogen and oxygen atoms in total. The topological polar surface area (TPSA) is 34.1 Å². The van der Waals surface area contributed by atoms with E-state index in [1.54, 1.807) is 7.11 Å². The van der Waals surface area contributed by atoms with Gasteiger partial charge in [0.2, 0.25) is 0 Å². The zero-order valence-electron chi connectivity index (χ0n) is 21.5. The van der Waals surface area contributed by atoms with Crippen molar-refractivity contribution in [2.24, 2.45) is 10.9 Å². The lowest BCUT2D eigenvalue weighted by molar-refractivity contribution is 0.164. The molecule has 2 atom stereocenters. The second-order valence-corrected chi connectivity index (χ2v) is 17.0. The first kappa shape index (κ1) is 27.5. The highest BCUT2D eigenvalue weighted by atomic mass is 127. The number of methoxy groups -OCH3 is 1. The molecular weight excluding hydrogens is 527 g/mol. The molecule has 32 heavy (non-hydrogen) atoms. The Morgan fingerprint density at radius 2 is 1.91 bits per heavy atom. The Morgan fingerprint density at radius 3 is 2.50 bits per heavy atom. The van der Waals surface area contributed by atoms with Gasteiger partial charge in [-0.2, -0.15) is 0 Å². The van der Waals surface area contributed by atoms with E-state index in [9.17, 15) is 0 Å². The molecule has 0 radical (unpaired) electrons. The molecule has 6 heteroatoms. The Kier molecular flexibility index (Phi) is 10.0. The van der Waals surface area contributed by atoms with Crippen LogP contribution in [0.3, 0.4) is 0 Å². The van der Waals surface area contributed by atoms with Gasteiger partial charge in [0.05, 0.1) is 19.3 Å². The van der Waals surface area contributed by atoms with Crippen LogP contribution in [0.5, 0.6) is 0 Å². The summed E-state index contributed by atoms with van der Waals surface area (Å²) < 4.78 is 13.5. The first-order valence-electron chi connectivity index (χ1n) is 11.8. The Balaban J connectivity index is 2.54. The molecule has 1 aliphatic heterocycles. The lowest BCUT2D eigenvalue weighted by atomic mass is 10.0. The normalized spacial score (nSPS) is 19.3. The van der Waals surface area contributed by atoms with Gasteiger partial charge in [0, 0.05) is 28.5 Å². The molecule has 0 saturated carbocycles. The predicted molar refractivity (Wildman–Crippen MR) is 148 cm³/mol. The van der Waals surface area contributed by atoms with Crippen molar-refractivity contribution in [2.75, 3.05) is 13.7 Å². The molecule has 2 rings (SSSR count). The Hall–Kier alpha value is -0.703. The van der Waals surface area contributed by atoms with Crippen molar-refractivity contribution in [2.45, 2.75) is 91.2 Å². The highest BCUT2D eigenvalue weighted by Crippen LogP contribution is 2.37. The van der Waals surface area contributed by atoms with Crippen LogP contribution in [-0.2, 0) is 15.8 Å². The van der Waals surface area contributed by atoms with Crippen LogP contribution in [0.2, 0.25) is 18.1 Å². The lowest BCUT2D eigenvalue weighted by Crippen LogP contribution is -2.41. The van der Waals surface area contributed by atoms with Gasteiger partial charge in [0.1, 0.15) is 5.84 Å². The summed E-state index contributed by atoms with van der Waals surface area (Å²) >= 11 is 2.46. The SMILES string of the molecule is COC[C@H](N=C(c1ccccc1CO[Si](C)(C)C(C)(C)C)N1C=C(I)CC[C@H]1C)C(C)C. The number of hydrogen-bond donors (Lipinski definition) is 0. The second-order valence-electron chi connectivity index (χ2n) is 10.8. The average molecular weight is 571 g/mol. The van der Waals surface area contributed by atoms with Crippen molar-refractivity contribution in [1.82, 2.24) is 4.90 Å². The minimum atomic E-state index is -1.86. The minimum Gasteiger partial charge on any atom is -0.413 e. The quantitative estimate of drug-likeness (QED) is 0.142. The maximum absolute atomic E-state index is 6.63. The Bertz CT molecular complexity index is 814.